The number of ether oxygens (including phenoxy) is 2. The molecule has 42 heavy (non-hydrogen) atoms. The largest absolute Gasteiger partial charge is 0.490 e. The number of aryl methyl sites for hydroxylation is 1. The second kappa shape index (κ2) is 11.3. The van der Waals surface area contributed by atoms with Gasteiger partial charge < -0.3 is 24.5 Å². The van der Waals surface area contributed by atoms with Crippen LogP contribution in [0.25, 0.3) is 11.3 Å². The Morgan fingerprint density at radius 3 is 2.50 bits per heavy atom. The topological polar surface area (TPSA) is 128 Å². The van der Waals surface area contributed by atoms with E-state index >= 15 is 0 Å². The molecule has 2 N–H and O–H groups in total. The van der Waals surface area contributed by atoms with Crippen molar-refractivity contribution in [3.63, 3.8) is 0 Å². The first kappa shape index (κ1) is 27.4. The molecule has 0 saturated carbocycles. The number of anilines is 2. The number of nitrogens with one attached hydrogen (secondary N) is 2. The van der Waals surface area contributed by atoms with Gasteiger partial charge in [0.25, 0.3) is 11.8 Å². The molecule has 0 radical (unpaired) electrons. The molecule has 11 nitrogen and oxygen atoms in total. The number of Topliss-reactive ketones (excluding diaryl/α,β-unsaturated/α-hetero) is 1. The minimum absolute atomic E-state index is 0.134. The highest BCUT2D eigenvalue weighted by Crippen LogP contribution is 2.37. The highest BCUT2D eigenvalue weighted by atomic mass is 16.5. The first-order valence-electron chi connectivity index (χ1n) is 13.7. The lowest BCUT2D eigenvalue weighted by atomic mass is 9.78. The molecule has 2 aromatic carbocycles. The van der Waals surface area contributed by atoms with E-state index in [-0.39, 0.29) is 17.1 Å². The third kappa shape index (κ3) is 5.83. The van der Waals surface area contributed by atoms with E-state index in [0.717, 1.165) is 32.8 Å². The van der Waals surface area contributed by atoms with Gasteiger partial charge in [-0.3, -0.25) is 24.0 Å². The van der Waals surface area contributed by atoms with E-state index in [9.17, 15) is 14.4 Å². The highest BCUT2D eigenvalue weighted by Gasteiger charge is 2.48. The number of carbonyl (C=O) groups is 3. The highest BCUT2D eigenvalue weighted by molar-refractivity contribution is 6.08. The number of benzene rings is 2. The van der Waals surface area contributed by atoms with Gasteiger partial charge >= 0.3 is 0 Å². The van der Waals surface area contributed by atoms with Crippen LogP contribution in [0.4, 0.5) is 11.4 Å². The van der Waals surface area contributed by atoms with Gasteiger partial charge in [0.1, 0.15) is 12.4 Å². The van der Waals surface area contributed by atoms with Crippen LogP contribution in [0.1, 0.15) is 38.2 Å². The van der Waals surface area contributed by atoms with Crippen molar-refractivity contribution in [3.8, 4) is 17.0 Å². The first-order chi connectivity index (χ1) is 20.3. The molecule has 0 atom stereocenters. The lowest BCUT2D eigenvalue weighted by Crippen LogP contribution is -2.66. The Morgan fingerprint density at radius 1 is 1.00 bits per heavy atom. The summed E-state index contributed by atoms with van der Waals surface area (Å²) in [6.07, 6.45) is 3.20. The third-order valence-electron chi connectivity index (χ3n) is 7.44. The van der Waals surface area contributed by atoms with Gasteiger partial charge in [-0.2, -0.15) is 5.10 Å². The van der Waals surface area contributed by atoms with E-state index in [0.29, 0.717) is 46.0 Å². The van der Waals surface area contributed by atoms with Gasteiger partial charge in [0, 0.05) is 60.7 Å². The van der Waals surface area contributed by atoms with Gasteiger partial charge in [-0.1, -0.05) is 0 Å². The molecule has 1 spiro atoms. The molecule has 0 bridgehead atoms. The Hall–Kier alpha value is -4.74. The van der Waals surface area contributed by atoms with Crippen molar-refractivity contribution in [2.45, 2.75) is 6.92 Å². The zero-order valence-corrected chi connectivity index (χ0v) is 23.4. The molecule has 0 unspecified atom stereocenters. The summed E-state index contributed by atoms with van der Waals surface area (Å²) >= 11 is 0. The van der Waals surface area contributed by atoms with E-state index in [4.69, 9.17) is 13.9 Å². The van der Waals surface area contributed by atoms with Crippen molar-refractivity contribution < 1.29 is 28.3 Å². The SMILES string of the molecule is CC(=O)c1ccc(OCCN2CC3(COC3)C2)c(NC(=O)c2cc(NC(=O)c3ccco3)cc(-c3ccn(C)n3)c2)c1. The number of ketones is 1. The summed E-state index contributed by atoms with van der Waals surface area (Å²) in [7, 11) is 1.80. The van der Waals surface area contributed by atoms with Crippen LogP contribution in [0.3, 0.4) is 0 Å². The summed E-state index contributed by atoms with van der Waals surface area (Å²) in [5, 5.41) is 10.1. The molecule has 4 heterocycles. The van der Waals surface area contributed by atoms with Crippen molar-refractivity contribution in [3.05, 3.63) is 83.9 Å². The molecule has 216 valence electrons. The van der Waals surface area contributed by atoms with Crippen LogP contribution < -0.4 is 15.4 Å². The van der Waals surface area contributed by atoms with E-state index in [1.54, 1.807) is 66.5 Å². The zero-order chi connectivity index (χ0) is 29.3. The van der Waals surface area contributed by atoms with E-state index in [1.165, 1.54) is 13.2 Å². The van der Waals surface area contributed by atoms with Crippen LogP contribution in [0.15, 0.2) is 71.5 Å². The standard InChI is InChI=1S/C31H31N5O6/c1-20(37)21-5-6-27(42-11-9-36-16-31(17-36)18-40-19-31)26(15-21)33-29(38)23-12-22(25-7-8-35(2)34-25)13-24(14-23)32-30(39)28-4-3-10-41-28/h3-8,10,12-15H,9,11,16-19H2,1-2H3,(H,32,39)(H,33,38). The van der Waals surface area contributed by atoms with Crippen molar-refractivity contribution >= 4 is 29.0 Å². The molecule has 11 heteroatoms. The second-order valence-corrected chi connectivity index (χ2v) is 10.9. The Morgan fingerprint density at radius 2 is 1.83 bits per heavy atom. The Kier molecular flexibility index (Phi) is 7.36. The van der Waals surface area contributed by atoms with Crippen LogP contribution in [0.5, 0.6) is 5.75 Å². The lowest BCUT2D eigenvalue weighted by Gasteiger charge is -2.55. The molecule has 4 aromatic rings. The molecule has 2 aliphatic heterocycles. The fourth-order valence-corrected chi connectivity index (χ4v) is 5.23. The number of aromatic nitrogens is 2. The van der Waals surface area contributed by atoms with Gasteiger partial charge in [0.05, 0.1) is 30.9 Å². The van der Waals surface area contributed by atoms with Crippen LogP contribution >= 0.6 is 0 Å². The fourth-order valence-electron chi connectivity index (χ4n) is 5.23. The number of likely N-dealkylation sites (tertiary alicyclic amines) is 1. The van der Waals surface area contributed by atoms with Crippen LogP contribution in [0, 0.1) is 5.41 Å². The number of nitrogens with zero attached hydrogens (tertiary/aromatic N) is 3. The maximum atomic E-state index is 13.6. The van der Waals surface area contributed by atoms with Gasteiger partial charge in [0.15, 0.2) is 11.5 Å². The summed E-state index contributed by atoms with van der Waals surface area (Å²) < 4.78 is 18.3. The van der Waals surface area contributed by atoms with Crippen molar-refractivity contribution in [1.82, 2.24) is 14.7 Å². The van der Waals surface area contributed by atoms with E-state index in [1.807, 2.05) is 6.07 Å². The maximum Gasteiger partial charge on any atom is 0.291 e. The predicted octanol–water partition coefficient (Wildman–Crippen LogP) is 4.10. The third-order valence-corrected chi connectivity index (χ3v) is 7.44. The second-order valence-electron chi connectivity index (χ2n) is 10.9. The predicted molar refractivity (Wildman–Crippen MR) is 155 cm³/mol. The Bertz CT molecular complexity index is 1630. The maximum absolute atomic E-state index is 13.6. The normalized spacial score (nSPS) is 15.5. The molecule has 2 saturated heterocycles. The average Bonchev–Trinajstić information content (AvgIpc) is 3.62. The van der Waals surface area contributed by atoms with Crippen LogP contribution in [-0.2, 0) is 11.8 Å². The summed E-state index contributed by atoms with van der Waals surface area (Å²) in [4.78, 5) is 40.8. The monoisotopic (exact) mass is 569 g/mol. The zero-order valence-electron chi connectivity index (χ0n) is 23.4. The van der Waals surface area contributed by atoms with E-state index in [2.05, 4.69) is 20.6 Å². The van der Waals surface area contributed by atoms with Crippen molar-refractivity contribution in [1.29, 1.82) is 0 Å². The molecule has 2 amide bonds. The average molecular weight is 570 g/mol. The van der Waals surface area contributed by atoms with Crippen molar-refractivity contribution in [2.24, 2.45) is 12.5 Å². The molecule has 2 fully saturated rings. The van der Waals surface area contributed by atoms with Gasteiger partial charge in [-0.15, -0.1) is 0 Å². The summed E-state index contributed by atoms with van der Waals surface area (Å²) in [5.74, 6) is -0.427. The van der Waals surface area contributed by atoms with Gasteiger partial charge in [-0.25, -0.2) is 0 Å². The molecular formula is C31H31N5O6. The number of amides is 2. The molecule has 2 aromatic heterocycles. The lowest BCUT2D eigenvalue weighted by molar-refractivity contribution is -0.189. The van der Waals surface area contributed by atoms with E-state index < -0.39 is 11.8 Å². The summed E-state index contributed by atoms with van der Waals surface area (Å²) in [5.41, 5.74) is 3.08. The first-order valence-corrected chi connectivity index (χ1v) is 13.7. The van der Waals surface area contributed by atoms with Crippen LogP contribution in [-0.4, -0.2) is 71.7 Å². The number of rotatable bonds is 10. The number of furan rings is 1. The number of hydrogen-bond donors (Lipinski definition) is 2. The Balaban J connectivity index is 1.22. The summed E-state index contributed by atoms with van der Waals surface area (Å²) in [6, 6.07) is 15.0. The van der Waals surface area contributed by atoms with Gasteiger partial charge in [0.2, 0.25) is 0 Å². The fraction of sp³-hybridized carbons (Fsp3) is 0.290. The number of hydrogen-bond acceptors (Lipinski definition) is 8. The smallest absolute Gasteiger partial charge is 0.291 e. The minimum atomic E-state index is -0.452. The Labute approximate surface area is 242 Å². The molecule has 0 aliphatic carbocycles. The van der Waals surface area contributed by atoms with Gasteiger partial charge in [-0.05, 0) is 61.5 Å². The van der Waals surface area contributed by atoms with Crippen LogP contribution in [0.2, 0.25) is 0 Å². The number of carbonyl (C=O) groups excluding carboxylic acids is 3. The van der Waals surface area contributed by atoms with Crippen molar-refractivity contribution in [2.75, 3.05) is 50.1 Å². The quantitative estimate of drug-likeness (QED) is 0.273. The molecule has 6 rings (SSSR count). The molecule has 2 aliphatic rings. The summed E-state index contributed by atoms with van der Waals surface area (Å²) in [6.45, 7) is 6.27. The minimum Gasteiger partial charge on any atom is -0.490 e. The molecular weight excluding hydrogens is 538 g/mol.